The molecule has 1 aromatic carbocycles. The number of carbonyl (C=O) groups is 2. The molecule has 0 radical (unpaired) electrons. The zero-order valence-corrected chi connectivity index (χ0v) is 12.2. The molecule has 1 saturated heterocycles. The molecule has 5 nitrogen and oxygen atoms in total. The second-order valence-corrected chi connectivity index (χ2v) is 5.84. The highest BCUT2D eigenvalue weighted by Crippen LogP contribution is 2.43. The highest BCUT2D eigenvalue weighted by Gasteiger charge is 2.44. The van der Waals surface area contributed by atoms with Crippen LogP contribution < -0.4 is 0 Å². The normalized spacial score (nSPS) is 30.3. The molecule has 0 bridgehead atoms. The highest BCUT2D eigenvalue weighted by molar-refractivity contribution is 6.52. The van der Waals surface area contributed by atoms with Gasteiger partial charge in [-0.05, 0) is 19.3 Å². The van der Waals surface area contributed by atoms with Crippen molar-refractivity contribution in [2.75, 3.05) is 7.11 Å². The third kappa shape index (κ3) is 1.93. The number of allylic oxidation sites excluding steroid dienone is 1. The lowest BCUT2D eigenvalue weighted by molar-refractivity contribution is -0.264. The van der Waals surface area contributed by atoms with E-state index >= 15 is 0 Å². The molecular weight excluding hydrogens is 284 g/mol. The number of Topliss-reactive ketones (excluding diaryl/α,β-unsaturated/α-hetero) is 2. The summed E-state index contributed by atoms with van der Waals surface area (Å²) in [5, 5.41) is 0. The van der Waals surface area contributed by atoms with Gasteiger partial charge in [-0.15, -0.1) is 0 Å². The number of ether oxygens (including phenoxy) is 3. The molecule has 1 unspecified atom stereocenters. The Morgan fingerprint density at radius 2 is 1.86 bits per heavy atom. The number of rotatable bonds is 1. The van der Waals surface area contributed by atoms with Gasteiger partial charge in [0.2, 0.25) is 17.9 Å². The zero-order chi connectivity index (χ0) is 15.3. The van der Waals surface area contributed by atoms with Gasteiger partial charge in [-0.1, -0.05) is 24.3 Å². The Bertz CT molecular complexity index is 690. The van der Waals surface area contributed by atoms with Crippen molar-refractivity contribution in [3.8, 4) is 0 Å². The van der Waals surface area contributed by atoms with Gasteiger partial charge in [-0.25, -0.2) is 0 Å². The summed E-state index contributed by atoms with van der Waals surface area (Å²) < 4.78 is 17.0. The average Bonchev–Trinajstić information content (AvgIpc) is 2.58. The molecule has 3 aliphatic rings. The predicted octanol–water partition coefficient (Wildman–Crippen LogP) is 2.31. The molecular formula is C17H16O5. The van der Waals surface area contributed by atoms with E-state index in [2.05, 4.69) is 0 Å². The fraction of sp³-hybridized carbons (Fsp3) is 0.412. The summed E-state index contributed by atoms with van der Waals surface area (Å²) in [6.07, 6.45) is 1.44. The minimum Gasteiger partial charge on any atom is -0.463 e. The smallest absolute Gasteiger partial charge is 0.234 e. The molecule has 1 aliphatic carbocycles. The van der Waals surface area contributed by atoms with Crippen molar-refractivity contribution in [2.45, 2.75) is 31.8 Å². The number of hydrogen-bond donors (Lipinski definition) is 0. The lowest BCUT2D eigenvalue weighted by atomic mass is 9.80. The molecule has 0 saturated carbocycles. The topological polar surface area (TPSA) is 61.8 Å². The first-order valence-corrected chi connectivity index (χ1v) is 7.45. The van der Waals surface area contributed by atoms with E-state index in [4.69, 9.17) is 14.2 Å². The molecule has 5 heteroatoms. The fourth-order valence-corrected chi connectivity index (χ4v) is 3.41. The van der Waals surface area contributed by atoms with Gasteiger partial charge >= 0.3 is 0 Å². The summed E-state index contributed by atoms with van der Waals surface area (Å²) in [6.45, 7) is 0. The minimum atomic E-state index is -0.444. The molecule has 4 rings (SSSR count). The maximum atomic E-state index is 12.4. The summed E-state index contributed by atoms with van der Waals surface area (Å²) in [7, 11) is 1.61. The Morgan fingerprint density at radius 3 is 2.64 bits per heavy atom. The third-order valence-electron chi connectivity index (χ3n) is 4.58. The number of benzene rings is 1. The van der Waals surface area contributed by atoms with Crippen LogP contribution in [0.3, 0.4) is 0 Å². The average molecular weight is 300 g/mol. The van der Waals surface area contributed by atoms with Gasteiger partial charge in [0.15, 0.2) is 6.29 Å². The molecule has 0 N–H and O–H groups in total. The summed E-state index contributed by atoms with van der Waals surface area (Å²) in [6, 6.07) is 7.06. The van der Waals surface area contributed by atoms with Crippen LogP contribution in [-0.4, -0.2) is 31.3 Å². The van der Waals surface area contributed by atoms with Crippen molar-refractivity contribution >= 4 is 17.3 Å². The molecule has 3 atom stereocenters. The first-order valence-electron chi connectivity index (χ1n) is 7.45. The monoisotopic (exact) mass is 300 g/mol. The first-order chi connectivity index (χ1) is 10.7. The molecule has 22 heavy (non-hydrogen) atoms. The Kier molecular flexibility index (Phi) is 3.13. The Labute approximate surface area is 127 Å². The van der Waals surface area contributed by atoms with Gasteiger partial charge in [0.1, 0.15) is 5.76 Å². The Morgan fingerprint density at radius 1 is 1.09 bits per heavy atom. The van der Waals surface area contributed by atoms with E-state index in [0.717, 1.165) is 12.8 Å². The van der Waals surface area contributed by atoms with Crippen molar-refractivity contribution in [1.82, 2.24) is 0 Å². The molecule has 114 valence electrons. The van der Waals surface area contributed by atoms with E-state index in [1.54, 1.807) is 19.2 Å². The van der Waals surface area contributed by atoms with E-state index in [9.17, 15) is 9.59 Å². The van der Waals surface area contributed by atoms with Crippen LogP contribution in [0.5, 0.6) is 0 Å². The van der Waals surface area contributed by atoms with Gasteiger partial charge in [0.05, 0.1) is 0 Å². The van der Waals surface area contributed by atoms with Crippen LogP contribution in [0.25, 0.3) is 5.76 Å². The first kappa shape index (κ1) is 13.7. The van der Waals surface area contributed by atoms with E-state index in [0.29, 0.717) is 28.9 Å². The van der Waals surface area contributed by atoms with Crippen molar-refractivity contribution < 1.29 is 23.8 Å². The number of hydrogen-bond acceptors (Lipinski definition) is 5. The number of methoxy groups -OCH3 is 1. The van der Waals surface area contributed by atoms with Crippen LogP contribution in [0.4, 0.5) is 0 Å². The number of fused-ring (bicyclic) bond motifs is 3. The largest absolute Gasteiger partial charge is 0.463 e. The van der Waals surface area contributed by atoms with Crippen molar-refractivity contribution in [3.63, 3.8) is 0 Å². The van der Waals surface area contributed by atoms with Crippen LogP contribution in [0.1, 0.15) is 35.2 Å². The summed E-state index contributed by atoms with van der Waals surface area (Å²) in [5.74, 6) is -0.297. The summed E-state index contributed by atoms with van der Waals surface area (Å²) >= 11 is 0. The molecule has 1 aromatic rings. The quantitative estimate of drug-likeness (QED) is 0.745. The Hall–Kier alpha value is -1.98. The fourth-order valence-electron chi connectivity index (χ4n) is 3.41. The van der Waals surface area contributed by atoms with Gasteiger partial charge in [-0.3, -0.25) is 9.59 Å². The van der Waals surface area contributed by atoms with Crippen molar-refractivity contribution in [1.29, 1.82) is 0 Å². The molecule has 2 aliphatic heterocycles. The van der Waals surface area contributed by atoms with E-state index < -0.39 is 17.9 Å². The Balaban J connectivity index is 1.76. The van der Waals surface area contributed by atoms with Crippen molar-refractivity contribution in [3.05, 3.63) is 41.0 Å². The molecule has 0 amide bonds. The van der Waals surface area contributed by atoms with E-state index in [-0.39, 0.29) is 12.2 Å². The second kappa shape index (κ2) is 5.04. The van der Waals surface area contributed by atoms with E-state index in [1.165, 1.54) is 0 Å². The van der Waals surface area contributed by atoms with E-state index in [1.807, 2.05) is 12.1 Å². The summed E-state index contributed by atoms with van der Waals surface area (Å²) in [4.78, 5) is 24.6. The zero-order valence-electron chi connectivity index (χ0n) is 12.2. The lowest BCUT2D eigenvalue weighted by Gasteiger charge is -2.41. The maximum absolute atomic E-state index is 12.4. The third-order valence-corrected chi connectivity index (χ3v) is 4.58. The molecule has 2 heterocycles. The maximum Gasteiger partial charge on any atom is 0.234 e. The van der Waals surface area contributed by atoms with Gasteiger partial charge in [0.25, 0.3) is 0 Å². The SMILES string of the molecule is COC1CC[C@H]2CC3=C(O[C@H]2O1)c1ccccc1C(=O)C3=O. The van der Waals surface area contributed by atoms with Crippen LogP contribution in [-0.2, 0) is 19.0 Å². The van der Waals surface area contributed by atoms with Gasteiger partial charge in [-0.2, -0.15) is 0 Å². The van der Waals surface area contributed by atoms with Crippen LogP contribution in [0.15, 0.2) is 29.8 Å². The standard InChI is InChI=1S/C17H16O5/c1-20-13-7-6-9-8-12-15(19)14(18)10-4-2-3-5-11(10)16(12)22-17(9)21-13/h2-5,9,13,17H,6-8H2,1H3/t9-,13?,17+/m0/s1. The second-order valence-electron chi connectivity index (χ2n) is 5.84. The molecule has 1 fully saturated rings. The predicted molar refractivity (Wildman–Crippen MR) is 76.8 cm³/mol. The number of carbonyl (C=O) groups excluding carboxylic acids is 2. The highest BCUT2D eigenvalue weighted by atomic mass is 16.8. The van der Waals surface area contributed by atoms with Gasteiger partial charge in [0, 0.05) is 29.7 Å². The van der Waals surface area contributed by atoms with Crippen LogP contribution in [0, 0.1) is 5.92 Å². The molecule has 0 aromatic heterocycles. The van der Waals surface area contributed by atoms with Gasteiger partial charge < -0.3 is 14.2 Å². The summed E-state index contributed by atoms with van der Waals surface area (Å²) in [5.41, 5.74) is 1.58. The van der Waals surface area contributed by atoms with Crippen LogP contribution in [0.2, 0.25) is 0 Å². The van der Waals surface area contributed by atoms with Crippen molar-refractivity contribution in [2.24, 2.45) is 5.92 Å². The molecule has 0 spiro atoms. The minimum absolute atomic E-state index is 0.0900. The van der Waals surface area contributed by atoms with Crippen LogP contribution >= 0.6 is 0 Å². The number of ketones is 2. The lowest BCUT2D eigenvalue weighted by Crippen LogP contribution is -2.42.